The van der Waals surface area contributed by atoms with E-state index in [0.717, 1.165) is 51.6 Å². The normalized spacial score (nSPS) is 31.5. The van der Waals surface area contributed by atoms with Crippen molar-refractivity contribution < 1.29 is 9.90 Å². The predicted octanol–water partition coefficient (Wildman–Crippen LogP) is 0.890. The molecule has 1 heterocycles. The summed E-state index contributed by atoms with van der Waals surface area (Å²) in [5, 5.41) is 12.9. The van der Waals surface area contributed by atoms with Gasteiger partial charge in [0, 0.05) is 19.1 Å². The first-order chi connectivity index (χ1) is 8.16. The van der Waals surface area contributed by atoms with Crippen molar-refractivity contribution in [1.82, 2.24) is 10.2 Å². The summed E-state index contributed by atoms with van der Waals surface area (Å²) in [6, 6.07) is 0.327. The van der Waals surface area contributed by atoms with E-state index < -0.39 is 0 Å². The summed E-state index contributed by atoms with van der Waals surface area (Å²) < 4.78 is 0. The Kier molecular flexibility index (Phi) is 4.40. The van der Waals surface area contributed by atoms with E-state index in [0.29, 0.717) is 6.04 Å². The molecule has 1 saturated heterocycles. The molecule has 0 bridgehead atoms. The molecule has 17 heavy (non-hydrogen) atoms. The number of nitrogens with zero attached hydrogens (tertiary/aromatic N) is 1. The highest BCUT2D eigenvalue weighted by Crippen LogP contribution is 2.19. The second-order valence-corrected chi connectivity index (χ2v) is 5.43. The smallest absolute Gasteiger partial charge is 0.239 e. The van der Waals surface area contributed by atoms with Gasteiger partial charge in [0.05, 0.1) is 12.1 Å². The number of hydrogen-bond donors (Lipinski definition) is 2. The summed E-state index contributed by atoms with van der Waals surface area (Å²) in [7, 11) is 0. The van der Waals surface area contributed by atoms with Gasteiger partial charge in [-0.2, -0.15) is 0 Å². The molecule has 4 heteroatoms. The van der Waals surface area contributed by atoms with E-state index in [1.54, 1.807) is 0 Å². The van der Waals surface area contributed by atoms with Crippen molar-refractivity contribution in [3.63, 3.8) is 0 Å². The molecule has 98 valence electrons. The van der Waals surface area contributed by atoms with Gasteiger partial charge < -0.3 is 15.3 Å². The number of carbonyl (C=O) groups is 1. The molecule has 1 saturated carbocycles. The zero-order valence-corrected chi connectivity index (χ0v) is 10.7. The summed E-state index contributed by atoms with van der Waals surface area (Å²) in [6.45, 7) is 3.81. The van der Waals surface area contributed by atoms with Gasteiger partial charge in [0.1, 0.15) is 0 Å². The highest BCUT2D eigenvalue weighted by molar-refractivity contribution is 5.81. The van der Waals surface area contributed by atoms with E-state index in [2.05, 4.69) is 5.32 Å². The quantitative estimate of drug-likeness (QED) is 0.770. The maximum absolute atomic E-state index is 12.1. The lowest BCUT2D eigenvalue weighted by atomic mass is 9.92. The first kappa shape index (κ1) is 12.8. The van der Waals surface area contributed by atoms with Crippen LogP contribution < -0.4 is 5.32 Å². The molecule has 1 unspecified atom stereocenters. The van der Waals surface area contributed by atoms with Gasteiger partial charge >= 0.3 is 0 Å². The van der Waals surface area contributed by atoms with Crippen LogP contribution in [0.3, 0.4) is 0 Å². The van der Waals surface area contributed by atoms with E-state index in [4.69, 9.17) is 0 Å². The van der Waals surface area contributed by atoms with Crippen LogP contribution in [0.5, 0.6) is 0 Å². The lowest BCUT2D eigenvalue weighted by molar-refractivity contribution is -0.132. The third-order valence-corrected chi connectivity index (χ3v) is 3.97. The van der Waals surface area contributed by atoms with Crippen LogP contribution in [-0.4, -0.2) is 47.2 Å². The van der Waals surface area contributed by atoms with Crippen molar-refractivity contribution >= 4 is 5.91 Å². The van der Waals surface area contributed by atoms with Crippen molar-refractivity contribution in [3.8, 4) is 0 Å². The molecule has 0 aromatic carbocycles. The first-order valence-electron chi connectivity index (χ1n) is 6.89. The van der Waals surface area contributed by atoms with E-state index >= 15 is 0 Å². The van der Waals surface area contributed by atoms with E-state index in [-0.39, 0.29) is 18.1 Å². The minimum atomic E-state index is -0.127. The highest BCUT2D eigenvalue weighted by atomic mass is 16.3. The van der Waals surface area contributed by atoms with Gasteiger partial charge in [0.2, 0.25) is 5.91 Å². The molecule has 0 aromatic rings. The van der Waals surface area contributed by atoms with Crippen LogP contribution >= 0.6 is 0 Å². The Bertz CT molecular complexity index is 256. The fourth-order valence-electron chi connectivity index (χ4n) is 2.88. The molecule has 4 nitrogen and oxygen atoms in total. The third-order valence-electron chi connectivity index (χ3n) is 3.97. The van der Waals surface area contributed by atoms with Gasteiger partial charge in [-0.15, -0.1) is 0 Å². The van der Waals surface area contributed by atoms with Crippen LogP contribution in [0.15, 0.2) is 0 Å². The summed E-state index contributed by atoms with van der Waals surface area (Å²) in [5.41, 5.74) is 0. The standard InChI is InChI=1S/C13H24N2O2/c1-10(13(17)15-8-2-3-9-15)14-11-4-6-12(16)7-5-11/h10-12,14,16H,2-9H2,1H3. The Morgan fingerprint density at radius 2 is 1.82 bits per heavy atom. The number of aliphatic hydroxyl groups excluding tert-OH is 1. The Labute approximate surface area is 103 Å². The van der Waals surface area contributed by atoms with Gasteiger partial charge in [0.25, 0.3) is 0 Å². The second kappa shape index (κ2) is 5.83. The van der Waals surface area contributed by atoms with Crippen molar-refractivity contribution in [2.75, 3.05) is 13.1 Å². The monoisotopic (exact) mass is 240 g/mol. The number of rotatable bonds is 3. The van der Waals surface area contributed by atoms with E-state index in [1.165, 1.54) is 0 Å². The van der Waals surface area contributed by atoms with Crippen molar-refractivity contribution in [2.45, 2.75) is 63.6 Å². The zero-order chi connectivity index (χ0) is 12.3. The topological polar surface area (TPSA) is 52.6 Å². The summed E-state index contributed by atoms with van der Waals surface area (Å²) in [5.74, 6) is 0.244. The lowest BCUT2D eigenvalue weighted by Gasteiger charge is -2.30. The average molecular weight is 240 g/mol. The van der Waals surface area contributed by atoms with E-state index in [9.17, 15) is 9.90 Å². The molecular formula is C13H24N2O2. The van der Waals surface area contributed by atoms with Crippen LogP contribution in [-0.2, 0) is 4.79 Å². The van der Waals surface area contributed by atoms with Gasteiger partial charge in [-0.1, -0.05) is 0 Å². The Balaban J connectivity index is 1.76. The largest absolute Gasteiger partial charge is 0.393 e. The summed E-state index contributed by atoms with van der Waals surface area (Å²) in [6.07, 6.45) is 5.86. The fourth-order valence-corrected chi connectivity index (χ4v) is 2.88. The van der Waals surface area contributed by atoms with Gasteiger partial charge in [-0.05, 0) is 45.4 Å². The molecule has 2 fully saturated rings. The van der Waals surface area contributed by atoms with Crippen LogP contribution in [0.4, 0.5) is 0 Å². The number of carbonyl (C=O) groups excluding carboxylic acids is 1. The van der Waals surface area contributed by atoms with Gasteiger partial charge in [0.15, 0.2) is 0 Å². The van der Waals surface area contributed by atoms with Gasteiger partial charge in [-0.3, -0.25) is 4.79 Å². The molecule has 2 N–H and O–H groups in total. The van der Waals surface area contributed by atoms with Crippen LogP contribution in [0.25, 0.3) is 0 Å². The van der Waals surface area contributed by atoms with Crippen molar-refractivity contribution in [1.29, 1.82) is 0 Å². The van der Waals surface area contributed by atoms with Crippen molar-refractivity contribution in [3.05, 3.63) is 0 Å². The fraction of sp³-hybridized carbons (Fsp3) is 0.923. The maximum Gasteiger partial charge on any atom is 0.239 e. The highest BCUT2D eigenvalue weighted by Gasteiger charge is 2.26. The molecule has 0 aromatic heterocycles. The average Bonchev–Trinajstić information content (AvgIpc) is 2.84. The Hall–Kier alpha value is -0.610. The number of aliphatic hydroxyl groups is 1. The summed E-state index contributed by atoms with van der Waals surface area (Å²) in [4.78, 5) is 14.1. The van der Waals surface area contributed by atoms with Crippen LogP contribution in [0.1, 0.15) is 45.4 Å². The molecule has 1 atom stereocenters. The lowest BCUT2D eigenvalue weighted by Crippen LogP contribution is -2.48. The van der Waals surface area contributed by atoms with Gasteiger partial charge in [-0.25, -0.2) is 0 Å². The second-order valence-electron chi connectivity index (χ2n) is 5.43. The number of amides is 1. The SMILES string of the molecule is CC(NC1CCC(O)CC1)C(=O)N1CCCC1. The number of nitrogens with one attached hydrogen (secondary N) is 1. The molecule has 1 amide bonds. The third kappa shape index (κ3) is 3.42. The maximum atomic E-state index is 12.1. The molecule has 2 rings (SSSR count). The molecule has 0 radical (unpaired) electrons. The Morgan fingerprint density at radius 3 is 2.41 bits per heavy atom. The Morgan fingerprint density at radius 1 is 1.24 bits per heavy atom. The minimum absolute atomic E-state index is 0.0756. The molecular weight excluding hydrogens is 216 g/mol. The van der Waals surface area contributed by atoms with E-state index in [1.807, 2.05) is 11.8 Å². The molecule has 2 aliphatic rings. The summed E-state index contributed by atoms with van der Waals surface area (Å²) >= 11 is 0. The van der Waals surface area contributed by atoms with Crippen LogP contribution in [0, 0.1) is 0 Å². The predicted molar refractivity (Wildman–Crippen MR) is 66.7 cm³/mol. The molecule has 1 aliphatic carbocycles. The molecule has 1 aliphatic heterocycles. The van der Waals surface area contributed by atoms with Crippen LogP contribution in [0.2, 0.25) is 0 Å². The number of hydrogen-bond acceptors (Lipinski definition) is 3. The number of likely N-dealkylation sites (tertiary alicyclic amines) is 1. The first-order valence-corrected chi connectivity index (χ1v) is 6.89. The minimum Gasteiger partial charge on any atom is -0.393 e. The molecule has 0 spiro atoms. The van der Waals surface area contributed by atoms with Crippen molar-refractivity contribution in [2.24, 2.45) is 0 Å². The zero-order valence-electron chi connectivity index (χ0n) is 10.7.